The van der Waals surface area contributed by atoms with Gasteiger partial charge in [0.2, 0.25) is 10.0 Å². The Morgan fingerprint density at radius 1 is 0.962 bits per heavy atom. The van der Waals surface area contributed by atoms with E-state index in [1.54, 1.807) is 19.2 Å². The van der Waals surface area contributed by atoms with Crippen LogP contribution < -0.4 is 14.2 Å². The summed E-state index contributed by atoms with van der Waals surface area (Å²) in [6.45, 7) is 2.29. The van der Waals surface area contributed by atoms with Gasteiger partial charge >= 0.3 is 0 Å². The Hall–Kier alpha value is -2.25. The van der Waals surface area contributed by atoms with Crippen LogP contribution in [0.3, 0.4) is 0 Å². The van der Waals surface area contributed by atoms with Gasteiger partial charge in [-0.15, -0.1) is 0 Å². The van der Waals surface area contributed by atoms with Crippen LogP contribution in [0.5, 0.6) is 17.2 Å². The number of hydrogen-bond acceptors (Lipinski definition) is 5. The van der Waals surface area contributed by atoms with Crippen LogP contribution in [0.15, 0.2) is 41.3 Å². The van der Waals surface area contributed by atoms with Crippen molar-refractivity contribution in [3.8, 4) is 17.2 Å². The summed E-state index contributed by atoms with van der Waals surface area (Å²) in [5.41, 5.74) is 2.10. The van der Waals surface area contributed by atoms with Crippen LogP contribution in [0.25, 0.3) is 0 Å². The summed E-state index contributed by atoms with van der Waals surface area (Å²) in [4.78, 5) is 0.114. The summed E-state index contributed by atoms with van der Waals surface area (Å²) in [6, 6.07) is 10.3. The van der Waals surface area contributed by atoms with E-state index in [4.69, 9.17) is 14.2 Å². The number of fused-ring (bicyclic) bond motifs is 1. The molecule has 0 fully saturated rings. The maximum Gasteiger partial charge on any atom is 0.247 e. The van der Waals surface area contributed by atoms with E-state index in [0.29, 0.717) is 24.5 Å². The molecule has 0 spiro atoms. The summed E-state index contributed by atoms with van der Waals surface area (Å²) < 4.78 is 43.9. The third kappa shape index (κ3) is 3.12. The second-order valence-electron chi connectivity index (χ2n) is 6.12. The zero-order chi connectivity index (χ0) is 18.9. The van der Waals surface area contributed by atoms with Crippen molar-refractivity contribution < 1.29 is 22.6 Å². The molecule has 0 radical (unpaired) electrons. The molecule has 1 atom stereocenters. The molecule has 26 heavy (non-hydrogen) atoms. The average molecular weight is 377 g/mol. The lowest BCUT2D eigenvalue weighted by Crippen LogP contribution is -2.39. The zero-order valence-electron chi connectivity index (χ0n) is 15.4. The normalized spacial score (nSPS) is 17.5. The van der Waals surface area contributed by atoms with E-state index in [1.165, 1.54) is 24.6 Å². The quantitative estimate of drug-likeness (QED) is 0.801. The van der Waals surface area contributed by atoms with Gasteiger partial charge in [-0.3, -0.25) is 0 Å². The average Bonchev–Trinajstić information content (AvgIpc) is 2.67. The molecule has 3 rings (SSSR count). The molecule has 0 saturated heterocycles. The number of benzene rings is 2. The highest BCUT2D eigenvalue weighted by atomic mass is 32.2. The predicted octanol–water partition coefficient (Wildman–Crippen LogP) is 3.02. The van der Waals surface area contributed by atoms with E-state index < -0.39 is 10.0 Å². The van der Waals surface area contributed by atoms with Crippen LogP contribution in [0.1, 0.15) is 24.1 Å². The molecule has 1 aliphatic rings. The van der Waals surface area contributed by atoms with Crippen LogP contribution in [0.4, 0.5) is 0 Å². The van der Waals surface area contributed by atoms with Gasteiger partial charge in [0, 0.05) is 18.7 Å². The molecular formula is C19H23NO5S. The van der Waals surface area contributed by atoms with Crippen molar-refractivity contribution in [3.05, 3.63) is 47.5 Å². The first-order valence-electron chi connectivity index (χ1n) is 8.33. The molecule has 0 amide bonds. The molecule has 0 saturated carbocycles. The number of ether oxygens (including phenoxy) is 3. The number of hydrogen-bond donors (Lipinski definition) is 0. The maximum atomic E-state index is 13.3. The second-order valence-corrected chi connectivity index (χ2v) is 7.98. The van der Waals surface area contributed by atoms with Gasteiger partial charge in [0.1, 0.15) is 22.1 Å². The molecule has 1 unspecified atom stereocenters. The van der Waals surface area contributed by atoms with Gasteiger partial charge in [-0.1, -0.05) is 6.07 Å². The molecule has 6 nitrogen and oxygen atoms in total. The highest BCUT2D eigenvalue weighted by molar-refractivity contribution is 7.89. The molecule has 1 heterocycles. The molecule has 0 bridgehead atoms. The Bertz CT molecular complexity index is 910. The molecule has 0 N–H and O–H groups in total. The van der Waals surface area contributed by atoms with Crippen molar-refractivity contribution in [1.82, 2.24) is 4.31 Å². The van der Waals surface area contributed by atoms with E-state index in [0.717, 1.165) is 16.9 Å². The van der Waals surface area contributed by atoms with Crippen LogP contribution in [0, 0.1) is 0 Å². The summed E-state index contributed by atoms with van der Waals surface area (Å²) in [6.07, 6.45) is 0.627. The summed E-state index contributed by atoms with van der Waals surface area (Å²) >= 11 is 0. The Balaban J connectivity index is 2.03. The smallest absolute Gasteiger partial charge is 0.247 e. The van der Waals surface area contributed by atoms with Crippen molar-refractivity contribution in [1.29, 1.82) is 0 Å². The van der Waals surface area contributed by atoms with Gasteiger partial charge < -0.3 is 14.2 Å². The second kappa shape index (κ2) is 7.17. The summed E-state index contributed by atoms with van der Waals surface area (Å²) in [5, 5.41) is 0. The van der Waals surface area contributed by atoms with Crippen LogP contribution in [0.2, 0.25) is 0 Å². The lowest BCUT2D eigenvalue weighted by Gasteiger charge is -2.34. The first-order chi connectivity index (χ1) is 12.4. The number of rotatable bonds is 5. The first-order valence-corrected chi connectivity index (χ1v) is 9.77. The zero-order valence-corrected chi connectivity index (χ0v) is 16.2. The van der Waals surface area contributed by atoms with E-state index >= 15 is 0 Å². The van der Waals surface area contributed by atoms with Gasteiger partial charge in [-0.25, -0.2) is 8.42 Å². The largest absolute Gasteiger partial charge is 0.497 e. The van der Waals surface area contributed by atoms with E-state index in [1.807, 2.05) is 25.1 Å². The van der Waals surface area contributed by atoms with Crippen molar-refractivity contribution in [2.45, 2.75) is 24.3 Å². The third-order valence-corrected chi connectivity index (χ3v) is 6.78. The standard InChI is InChI=1S/C19H23NO5S/c1-13-17-7-5-15(23-2)11-14(17)9-10-20(13)26(21,22)19-12-16(24-3)6-8-18(19)25-4/h5-8,11-13H,9-10H2,1-4H3. The van der Waals surface area contributed by atoms with E-state index in [9.17, 15) is 8.42 Å². The van der Waals surface area contributed by atoms with E-state index in [-0.39, 0.29) is 10.9 Å². The molecule has 140 valence electrons. The minimum Gasteiger partial charge on any atom is -0.497 e. The summed E-state index contributed by atoms with van der Waals surface area (Å²) in [7, 11) is 0.843. The Kier molecular flexibility index (Phi) is 5.11. The topological polar surface area (TPSA) is 65.1 Å². The van der Waals surface area contributed by atoms with Crippen molar-refractivity contribution in [3.63, 3.8) is 0 Å². The fourth-order valence-corrected chi connectivity index (χ4v) is 5.14. The van der Waals surface area contributed by atoms with Gasteiger partial charge in [0.25, 0.3) is 0 Å². The van der Waals surface area contributed by atoms with Crippen molar-refractivity contribution >= 4 is 10.0 Å². The molecule has 1 aliphatic heterocycles. The highest BCUT2D eigenvalue weighted by Gasteiger charge is 2.36. The number of sulfonamides is 1. The third-order valence-electron chi connectivity index (χ3n) is 4.79. The minimum atomic E-state index is -3.75. The van der Waals surface area contributed by atoms with Crippen LogP contribution >= 0.6 is 0 Å². The van der Waals surface area contributed by atoms with Gasteiger partial charge in [-0.05, 0) is 48.7 Å². The first kappa shape index (κ1) is 18.5. The molecular weight excluding hydrogens is 354 g/mol. The molecule has 2 aromatic rings. The number of methoxy groups -OCH3 is 3. The monoisotopic (exact) mass is 377 g/mol. The highest BCUT2D eigenvalue weighted by Crippen LogP contribution is 2.38. The Labute approximate surface area is 154 Å². The molecule has 2 aromatic carbocycles. The fraction of sp³-hybridized carbons (Fsp3) is 0.368. The number of nitrogens with zero attached hydrogens (tertiary/aromatic N) is 1. The predicted molar refractivity (Wildman–Crippen MR) is 98.6 cm³/mol. The van der Waals surface area contributed by atoms with Crippen LogP contribution in [-0.2, 0) is 16.4 Å². The van der Waals surface area contributed by atoms with Gasteiger partial charge in [0.05, 0.1) is 21.3 Å². The lowest BCUT2D eigenvalue weighted by atomic mass is 9.95. The Morgan fingerprint density at radius 3 is 2.27 bits per heavy atom. The van der Waals surface area contributed by atoms with Crippen LogP contribution in [-0.4, -0.2) is 40.6 Å². The molecule has 7 heteroatoms. The Morgan fingerprint density at radius 2 is 1.62 bits per heavy atom. The lowest BCUT2D eigenvalue weighted by molar-refractivity contribution is 0.321. The molecule has 0 aromatic heterocycles. The molecule has 0 aliphatic carbocycles. The maximum absolute atomic E-state index is 13.3. The van der Waals surface area contributed by atoms with Crippen molar-refractivity contribution in [2.24, 2.45) is 0 Å². The fourth-order valence-electron chi connectivity index (χ4n) is 3.35. The van der Waals surface area contributed by atoms with Crippen molar-refractivity contribution in [2.75, 3.05) is 27.9 Å². The van der Waals surface area contributed by atoms with Gasteiger partial charge in [-0.2, -0.15) is 4.31 Å². The SMILES string of the molecule is COc1ccc2c(c1)CCN(S(=O)(=O)c1cc(OC)ccc1OC)C2C. The minimum absolute atomic E-state index is 0.114. The van der Waals surface area contributed by atoms with Gasteiger partial charge in [0.15, 0.2) is 0 Å². The van der Waals surface area contributed by atoms with E-state index in [2.05, 4.69) is 0 Å². The summed E-state index contributed by atoms with van der Waals surface area (Å²) in [5.74, 6) is 1.56.